The molecule has 0 radical (unpaired) electrons. The molecule has 0 aliphatic heterocycles. The van der Waals surface area contributed by atoms with Gasteiger partial charge in [-0.2, -0.15) is 0 Å². The van der Waals surface area contributed by atoms with Crippen molar-refractivity contribution in [1.82, 2.24) is 0 Å². The van der Waals surface area contributed by atoms with E-state index in [4.69, 9.17) is 21.3 Å². The summed E-state index contributed by atoms with van der Waals surface area (Å²) >= 11 is 0. The lowest BCUT2D eigenvalue weighted by atomic mass is 9.89. The number of hydrogen-bond donors (Lipinski definition) is 6. The van der Waals surface area contributed by atoms with E-state index in [2.05, 4.69) is 0 Å². The van der Waals surface area contributed by atoms with E-state index in [1.54, 1.807) is 6.92 Å². The number of nitrogens with two attached hydrogens (primary N) is 2. The minimum absolute atomic E-state index is 0.0162. The van der Waals surface area contributed by atoms with Crippen molar-refractivity contribution >= 4 is 23.3 Å². The van der Waals surface area contributed by atoms with Crippen molar-refractivity contribution < 1.29 is 34.8 Å². The maximum absolute atomic E-state index is 12.8. The van der Waals surface area contributed by atoms with Crippen molar-refractivity contribution in [2.45, 2.75) is 45.0 Å². The van der Waals surface area contributed by atoms with Gasteiger partial charge < -0.3 is 36.6 Å². The van der Waals surface area contributed by atoms with Crippen LogP contribution in [-0.4, -0.2) is 45.1 Å². The molecule has 0 amide bonds. The molecule has 31 heavy (non-hydrogen) atoms. The van der Waals surface area contributed by atoms with Gasteiger partial charge in [0.1, 0.15) is 0 Å². The number of benzene rings is 2. The van der Waals surface area contributed by atoms with E-state index < -0.39 is 30.4 Å². The molecule has 0 bridgehead atoms. The molecule has 168 valence electrons. The summed E-state index contributed by atoms with van der Waals surface area (Å²) in [5.74, 6) is -4.44. The summed E-state index contributed by atoms with van der Waals surface area (Å²) < 4.78 is 5.01. The van der Waals surface area contributed by atoms with Crippen LogP contribution in [0.25, 0.3) is 0 Å². The highest BCUT2D eigenvalue weighted by Gasteiger charge is 2.34. The van der Waals surface area contributed by atoms with Crippen LogP contribution in [0.4, 0.5) is 11.4 Å². The van der Waals surface area contributed by atoms with Crippen molar-refractivity contribution in [1.29, 1.82) is 0 Å². The van der Waals surface area contributed by atoms with Crippen molar-refractivity contribution in [3.63, 3.8) is 0 Å². The molecule has 0 spiro atoms. The standard InChI is InChI=1S/C22H28N2O7/c1-3-15-18(24)8-7-17(19(15)22(29,30)4-2)21(28)31-20(27)16-6-5-13(23)9-12(16)10-14(26)11-25/h5-9,14,25-26,29-30H,3-4,10-11,23-24H2,1-2H3. The molecule has 1 atom stereocenters. The molecule has 0 aromatic heterocycles. The van der Waals surface area contributed by atoms with Crippen LogP contribution in [0.1, 0.15) is 57.7 Å². The van der Waals surface area contributed by atoms with Gasteiger partial charge in [-0.15, -0.1) is 0 Å². The maximum Gasteiger partial charge on any atom is 0.346 e. The van der Waals surface area contributed by atoms with E-state index in [1.165, 1.54) is 37.3 Å². The number of ether oxygens (including phenoxy) is 1. The lowest BCUT2D eigenvalue weighted by molar-refractivity contribution is -0.172. The summed E-state index contributed by atoms with van der Waals surface area (Å²) in [5.41, 5.74) is 12.6. The van der Waals surface area contributed by atoms with Crippen LogP contribution in [0, 0.1) is 0 Å². The van der Waals surface area contributed by atoms with Gasteiger partial charge in [0.05, 0.1) is 23.8 Å². The van der Waals surface area contributed by atoms with Gasteiger partial charge in [-0.05, 0) is 47.9 Å². The van der Waals surface area contributed by atoms with Crippen LogP contribution in [0.5, 0.6) is 0 Å². The Morgan fingerprint density at radius 3 is 2.26 bits per heavy atom. The molecule has 2 aromatic carbocycles. The molecule has 9 heteroatoms. The highest BCUT2D eigenvalue weighted by molar-refractivity contribution is 6.04. The van der Waals surface area contributed by atoms with Gasteiger partial charge in [0.15, 0.2) is 5.79 Å². The molecule has 2 rings (SSSR count). The number of nitrogen functional groups attached to an aromatic ring is 2. The molecule has 0 saturated heterocycles. The monoisotopic (exact) mass is 432 g/mol. The molecule has 0 saturated carbocycles. The number of aliphatic hydroxyl groups is 4. The minimum atomic E-state index is -2.35. The zero-order valence-electron chi connectivity index (χ0n) is 17.5. The average molecular weight is 432 g/mol. The normalized spacial score (nSPS) is 12.5. The second-order valence-corrected chi connectivity index (χ2v) is 7.21. The van der Waals surface area contributed by atoms with E-state index in [0.717, 1.165) is 0 Å². The second kappa shape index (κ2) is 9.88. The Balaban J connectivity index is 2.44. The highest BCUT2D eigenvalue weighted by Crippen LogP contribution is 2.33. The van der Waals surface area contributed by atoms with E-state index in [9.17, 15) is 24.9 Å². The lowest BCUT2D eigenvalue weighted by Crippen LogP contribution is -2.30. The number of esters is 2. The first-order chi connectivity index (χ1) is 14.5. The van der Waals surface area contributed by atoms with Gasteiger partial charge in [0.25, 0.3) is 0 Å². The second-order valence-electron chi connectivity index (χ2n) is 7.21. The molecule has 2 aromatic rings. The topological polar surface area (TPSA) is 176 Å². The number of carbonyl (C=O) groups excluding carboxylic acids is 2. The van der Waals surface area contributed by atoms with E-state index >= 15 is 0 Å². The van der Waals surface area contributed by atoms with Crippen LogP contribution >= 0.6 is 0 Å². The first kappa shape index (κ1) is 24.3. The summed E-state index contributed by atoms with van der Waals surface area (Å²) in [6.07, 6.45) is -1.02. The van der Waals surface area contributed by atoms with Gasteiger partial charge in [-0.1, -0.05) is 13.8 Å². The molecule has 0 heterocycles. The zero-order valence-corrected chi connectivity index (χ0v) is 17.5. The Hall–Kier alpha value is -2.98. The average Bonchev–Trinajstić information content (AvgIpc) is 2.73. The van der Waals surface area contributed by atoms with Gasteiger partial charge >= 0.3 is 11.9 Å². The third-order valence-corrected chi connectivity index (χ3v) is 5.02. The Labute approximate surface area is 179 Å². The Morgan fingerprint density at radius 2 is 1.68 bits per heavy atom. The predicted octanol–water partition coefficient (Wildman–Crippen LogP) is 0.854. The Kier molecular flexibility index (Phi) is 7.75. The quantitative estimate of drug-likeness (QED) is 0.153. The molecular weight excluding hydrogens is 404 g/mol. The summed E-state index contributed by atoms with van der Waals surface area (Å²) in [7, 11) is 0. The summed E-state index contributed by atoms with van der Waals surface area (Å²) in [5, 5.41) is 39.7. The molecule has 0 aliphatic carbocycles. The van der Waals surface area contributed by atoms with Crippen LogP contribution in [0.3, 0.4) is 0 Å². The van der Waals surface area contributed by atoms with E-state index in [1.807, 2.05) is 0 Å². The molecule has 9 nitrogen and oxygen atoms in total. The van der Waals surface area contributed by atoms with Crippen molar-refractivity contribution in [2.24, 2.45) is 0 Å². The fraction of sp³-hybridized carbons (Fsp3) is 0.364. The summed E-state index contributed by atoms with van der Waals surface area (Å²) in [6.45, 7) is 2.74. The molecule has 0 aliphatic rings. The van der Waals surface area contributed by atoms with Crippen molar-refractivity contribution in [3.05, 3.63) is 58.1 Å². The first-order valence-electron chi connectivity index (χ1n) is 9.86. The van der Waals surface area contributed by atoms with Gasteiger partial charge in [-0.3, -0.25) is 0 Å². The smallest absolute Gasteiger partial charge is 0.346 e. The molecule has 1 unspecified atom stereocenters. The first-order valence-corrected chi connectivity index (χ1v) is 9.86. The number of rotatable bonds is 8. The fourth-order valence-electron chi connectivity index (χ4n) is 3.34. The van der Waals surface area contributed by atoms with Crippen LogP contribution in [0.15, 0.2) is 30.3 Å². The fourth-order valence-corrected chi connectivity index (χ4v) is 3.34. The van der Waals surface area contributed by atoms with E-state index in [0.29, 0.717) is 23.2 Å². The van der Waals surface area contributed by atoms with Crippen LogP contribution < -0.4 is 11.5 Å². The number of hydrogen-bond acceptors (Lipinski definition) is 9. The Morgan fingerprint density at radius 1 is 1.06 bits per heavy atom. The van der Waals surface area contributed by atoms with Crippen LogP contribution in [0.2, 0.25) is 0 Å². The highest BCUT2D eigenvalue weighted by atomic mass is 16.6. The zero-order chi connectivity index (χ0) is 23.3. The third kappa shape index (κ3) is 5.39. The van der Waals surface area contributed by atoms with Crippen molar-refractivity contribution in [2.75, 3.05) is 18.1 Å². The molecule has 0 fully saturated rings. The maximum atomic E-state index is 12.8. The largest absolute Gasteiger partial charge is 0.399 e. The van der Waals surface area contributed by atoms with Gasteiger partial charge in [0.2, 0.25) is 0 Å². The Bertz CT molecular complexity index is 973. The SMILES string of the molecule is CCc1c(N)ccc(C(=O)OC(=O)c2ccc(N)cc2CC(O)CO)c1C(O)(O)CC. The van der Waals surface area contributed by atoms with Crippen LogP contribution in [-0.2, 0) is 23.4 Å². The summed E-state index contributed by atoms with van der Waals surface area (Å²) in [4.78, 5) is 25.5. The number of aliphatic hydroxyl groups excluding tert-OH is 2. The number of anilines is 2. The predicted molar refractivity (Wildman–Crippen MR) is 114 cm³/mol. The van der Waals surface area contributed by atoms with Gasteiger partial charge in [0, 0.05) is 29.8 Å². The van der Waals surface area contributed by atoms with Gasteiger partial charge in [-0.25, -0.2) is 9.59 Å². The molecule has 8 N–H and O–H groups in total. The van der Waals surface area contributed by atoms with E-state index in [-0.39, 0.29) is 35.2 Å². The molecular formula is C22H28N2O7. The van der Waals surface area contributed by atoms with Crippen molar-refractivity contribution in [3.8, 4) is 0 Å². The summed E-state index contributed by atoms with van der Waals surface area (Å²) in [6, 6.07) is 6.92. The minimum Gasteiger partial charge on any atom is -0.399 e. The third-order valence-electron chi connectivity index (χ3n) is 5.02. The number of carbonyl (C=O) groups is 2. The lowest BCUT2D eigenvalue weighted by Gasteiger charge is -2.26.